The lowest BCUT2D eigenvalue weighted by Crippen LogP contribution is -1.90. The summed E-state index contributed by atoms with van der Waals surface area (Å²) in [5.41, 5.74) is -0.990. The van der Waals surface area contributed by atoms with Crippen molar-refractivity contribution in [2.75, 3.05) is 0 Å². The van der Waals surface area contributed by atoms with E-state index in [0.29, 0.717) is 12.8 Å². The third-order valence-electron chi connectivity index (χ3n) is 2.36. The monoisotopic (exact) mass is 242 g/mol. The van der Waals surface area contributed by atoms with Crippen molar-refractivity contribution in [3.63, 3.8) is 0 Å². The molecule has 0 spiro atoms. The average Bonchev–Trinajstić information content (AvgIpc) is 2.14. The van der Waals surface area contributed by atoms with Crippen LogP contribution in [-0.2, 0) is 0 Å². The Hall–Kier alpha value is 0.140. The van der Waals surface area contributed by atoms with E-state index >= 15 is 0 Å². The molecular weight excluding hydrogens is 221 g/mol. The highest BCUT2D eigenvalue weighted by atomic mass is 32.1. The quantitative estimate of drug-likeness (QED) is 0.405. The van der Waals surface area contributed by atoms with E-state index in [1.807, 2.05) is 0 Å². The van der Waals surface area contributed by atoms with Gasteiger partial charge in [-0.25, -0.2) is 13.2 Å². The number of unbranched alkanes of at least 4 members (excludes halogenated alkanes) is 6. The number of rotatable bonds is 10. The topological polar surface area (TPSA) is 0 Å². The molecule has 0 fully saturated rings. The lowest BCUT2D eigenvalue weighted by molar-refractivity contribution is 0.133. The first-order valence-corrected chi connectivity index (χ1v) is 6.25. The van der Waals surface area contributed by atoms with Gasteiger partial charge in [0, 0.05) is 6.42 Å². The van der Waals surface area contributed by atoms with Crippen molar-refractivity contribution >= 4 is 12.6 Å². The number of hydrogen-bond acceptors (Lipinski definition) is 1. The molecule has 0 aromatic rings. The van der Waals surface area contributed by atoms with Gasteiger partial charge in [0.05, 0.1) is 0 Å². The number of halogens is 3. The second-order valence-corrected chi connectivity index (χ2v) is 4.44. The van der Waals surface area contributed by atoms with Gasteiger partial charge in [-0.3, -0.25) is 0 Å². The zero-order valence-corrected chi connectivity index (χ0v) is 9.99. The van der Waals surface area contributed by atoms with Crippen molar-refractivity contribution in [3.8, 4) is 0 Å². The Morgan fingerprint density at radius 2 is 1.07 bits per heavy atom. The van der Waals surface area contributed by atoms with Crippen molar-refractivity contribution in [3.05, 3.63) is 0 Å². The fourth-order valence-electron chi connectivity index (χ4n) is 1.50. The Balaban J connectivity index is 2.93. The smallest absolute Gasteiger partial charge is 0.236 e. The maximum Gasteiger partial charge on any atom is 0.238 e. The molecule has 0 aliphatic carbocycles. The van der Waals surface area contributed by atoms with Gasteiger partial charge in [0.25, 0.3) is 0 Å². The highest BCUT2D eigenvalue weighted by Crippen LogP contribution is 2.14. The number of thiol groups is 1. The first-order chi connectivity index (χ1) is 7.13. The van der Waals surface area contributed by atoms with Crippen molar-refractivity contribution in [1.29, 1.82) is 0 Å². The number of hydrogen-bond donors (Lipinski definition) is 1. The van der Waals surface area contributed by atoms with E-state index in [0.717, 1.165) is 38.5 Å². The second-order valence-electron chi connectivity index (χ2n) is 3.88. The maximum absolute atomic E-state index is 12.2. The minimum Gasteiger partial charge on any atom is -0.236 e. The number of alkyl halides is 3. The van der Waals surface area contributed by atoms with Gasteiger partial charge in [-0.15, -0.1) is 12.6 Å². The van der Waals surface area contributed by atoms with Crippen molar-refractivity contribution < 1.29 is 13.2 Å². The molecule has 0 amide bonds. The summed E-state index contributed by atoms with van der Waals surface area (Å²) in [6.07, 6.45) is 5.00. The highest BCUT2D eigenvalue weighted by molar-refractivity contribution is 7.80. The summed E-state index contributed by atoms with van der Waals surface area (Å²) in [7, 11) is 0. The average molecular weight is 242 g/mol. The molecule has 0 aliphatic heterocycles. The normalized spacial score (nSPS) is 13.4. The predicted octanol–water partition coefficient (Wildman–Crippen LogP) is 4.99. The van der Waals surface area contributed by atoms with E-state index in [9.17, 15) is 13.2 Å². The van der Waals surface area contributed by atoms with Crippen LogP contribution in [0.25, 0.3) is 0 Å². The first kappa shape index (κ1) is 15.1. The second kappa shape index (κ2) is 10.7. The Morgan fingerprint density at radius 3 is 1.47 bits per heavy atom. The van der Waals surface area contributed by atoms with Gasteiger partial charge in [-0.1, -0.05) is 32.1 Å². The van der Waals surface area contributed by atoms with Crippen LogP contribution in [-0.4, -0.2) is 11.9 Å². The van der Waals surface area contributed by atoms with Gasteiger partial charge in [-0.05, 0) is 19.3 Å². The molecule has 0 saturated heterocycles. The van der Waals surface area contributed by atoms with Gasteiger partial charge < -0.3 is 0 Å². The molecule has 1 atom stereocenters. The highest BCUT2D eigenvalue weighted by Gasteiger charge is 2.01. The summed E-state index contributed by atoms with van der Waals surface area (Å²) in [4.78, 5) is 0. The van der Waals surface area contributed by atoms with E-state index in [1.165, 1.54) is 0 Å². The van der Waals surface area contributed by atoms with Crippen LogP contribution in [0.1, 0.15) is 57.8 Å². The van der Waals surface area contributed by atoms with Crippen LogP contribution in [0.2, 0.25) is 0 Å². The molecule has 92 valence electrons. The van der Waals surface area contributed by atoms with Gasteiger partial charge in [0.2, 0.25) is 6.43 Å². The van der Waals surface area contributed by atoms with Crippen LogP contribution < -0.4 is 0 Å². The molecule has 0 N–H and O–H groups in total. The first-order valence-electron chi connectivity index (χ1n) is 5.73. The van der Waals surface area contributed by atoms with E-state index < -0.39 is 11.9 Å². The van der Waals surface area contributed by atoms with Crippen molar-refractivity contribution in [2.45, 2.75) is 69.7 Å². The Bertz CT molecular complexity index is 115. The third kappa shape index (κ3) is 14.1. The molecule has 0 nitrogen and oxygen atoms in total. The minimum atomic E-state index is -2.15. The maximum atomic E-state index is 12.2. The van der Waals surface area contributed by atoms with Crippen molar-refractivity contribution in [1.82, 2.24) is 0 Å². The molecule has 0 rings (SSSR count). The molecule has 0 aliphatic rings. The summed E-state index contributed by atoms with van der Waals surface area (Å²) in [6, 6.07) is 0. The lowest BCUT2D eigenvalue weighted by atomic mass is 10.1. The largest absolute Gasteiger partial charge is 0.238 e. The van der Waals surface area contributed by atoms with Crippen LogP contribution in [0.15, 0.2) is 0 Å². The van der Waals surface area contributed by atoms with Crippen LogP contribution in [0.3, 0.4) is 0 Å². The molecule has 15 heavy (non-hydrogen) atoms. The molecule has 0 radical (unpaired) electrons. The SMILES string of the molecule is FC(F)CCCCCCCCCC(F)S. The summed E-state index contributed by atoms with van der Waals surface area (Å²) in [6.45, 7) is 0. The lowest BCUT2D eigenvalue weighted by Gasteiger charge is -2.02. The summed E-state index contributed by atoms with van der Waals surface area (Å²) < 4.78 is 35.7. The molecule has 0 aromatic heterocycles. The Morgan fingerprint density at radius 1 is 0.667 bits per heavy atom. The molecule has 4 heteroatoms. The van der Waals surface area contributed by atoms with Crippen LogP contribution in [0.5, 0.6) is 0 Å². The third-order valence-corrected chi connectivity index (χ3v) is 2.62. The Labute approximate surface area is 96.0 Å². The molecule has 1 unspecified atom stereocenters. The van der Waals surface area contributed by atoms with Crippen LogP contribution in [0, 0.1) is 0 Å². The summed E-state index contributed by atoms with van der Waals surface area (Å²) in [5, 5.41) is 0. The standard InChI is InChI=1S/C11H21F3S/c12-10(13)8-6-4-2-1-3-5-7-9-11(14)15/h10-11,15H,1-9H2. The Kier molecular flexibility index (Phi) is 10.8. The fourth-order valence-corrected chi connectivity index (χ4v) is 1.68. The molecular formula is C11H21F3S. The zero-order chi connectivity index (χ0) is 11.5. The minimum absolute atomic E-state index is 0.0309. The van der Waals surface area contributed by atoms with E-state index in [4.69, 9.17) is 0 Å². The van der Waals surface area contributed by atoms with Gasteiger partial charge >= 0.3 is 0 Å². The van der Waals surface area contributed by atoms with Gasteiger partial charge in [-0.2, -0.15) is 0 Å². The van der Waals surface area contributed by atoms with Gasteiger partial charge in [0.15, 0.2) is 0 Å². The van der Waals surface area contributed by atoms with Crippen LogP contribution >= 0.6 is 12.6 Å². The summed E-state index contributed by atoms with van der Waals surface area (Å²) >= 11 is 3.65. The zero-order valence-electron chi connectivity index (χ0n) is 9.10. The molecule has 0 bridgehead atoms. The molecule has 0 saturated carbocycles. The summed E-state index contributed by atoms with van der Waals surface area (Å²) in [5.74, 6) is 0. The molecule has 0 aromatic carbocycles. The van der Waals surface area contributed by atoms with Gasteiger partial charge in [0.1, 0.15) is 5.50 Å². The van der Waals surface area contributed by atoms with Crippen LogP contribution in [0.4, 0.5) is 13.2 Å². The van der Waals surface area contributed by atoms with Crippen molar-refractivity contribution in [2.24, 2.45) is 0 Å². The molecule has 0 heterocycles. The van der Waals surface area contributed by atoms with E-state index in [2.05, 4.69) is 12.6 Å². The van der Waals surface area contributed by atoms with E-state index in [-0.39, 0.29) is 6.42 Å². The fraction of sp³-hybridized carbons (Fsp3) is 1.00. The van der Waals surface area contributed by atoms with E-state index in [1.54, 1.807) is 0 Å². The predicted molar refractivity (Wildman–Crippen MR) is 61.4 cm³/mol.